The molecule has 108 valence electrons. The van der Waals surface area contributed by atoms with Crippen molar-refractivity contribution in [3.8, 4) is 0 Å². The first-order valence-electron chi connectivity index (χ1n) is 7.06. The van der Waals surface area contributed by atoms with Crippen molar-refractivity contribution < 1.29 is 9.90 Å². The van der Waals surface area contributed by atoms with Crippen molar-refractivity contribution in [2.75, 3.05) is 0 Å². The van der Waals surface area contributed by atoms with Crippen LogP contribution in [0.5, 0.6) is 0 Å². The van der Waals surface area contributed by atoms with E-state index in [0.29, 0.717) is 12.5 Å². The molecule has 20 heavy (non-hydrogen) atoms. The lowest BCUT2D eigenvalue weighted by atomic mass is 10.1. The Kier molecular flexibility index (Phi) is 4.12. The molecule has 0 radical (unpaired) electrons. The first-order chi connectivity index (χ1) is 9.38. The molecule has 0 atom stereocenters. The average molecular weight is 274 g/mol. The van der Waals surface area contributed by atoms with E-state index in [4.69, 9.17) is 10.1 Å². The summed E-state index contributed by atoms with van der Waals surface area (Å²) in [6.45, 7) is 8.93. The van der Waals surface area contributed by atoms with Crippen molar-refractivity contribution in [1.82, 2.24) is 9.55 Å². The van der Waals surface area contributed by atoms with Crippen LogP contribution in [-0.2, 0) is 17.8 Å². The van der Waals surface area contributed by atoms with E-state index in [1.165, 1.54) is 11.1 Å². The molecule has 0 amide bonds. The van der Waals surface area contributed by atoms with Crippen molar-refractivity contribution in [3.63, 3.8) is 0 Å². The summed E-state index contributed by atoms with van der Waals surface area (Å²) >= 11 is 0. The van der Waals surface area contributed by atoms with Crippen LogP contribution < -0.4 is 0 Å². The maximum Gasteiger partial charge on any atom is 0.305 e. The molecule has 0 spiro atoms. The van der Waals surface area contributed by atoms with Crippen LogP contribution >= 0.6 is 0 Å². The third-order valence-corrected chi connectivity index (χ3v) is 3.58. The van der Waals surface area contributed by atoms with Gasteiger partial charge in [0.25, 0.3) is 0 Å². The van der Waals surface area contributed by atoms with Gasteiger partial charge in [-0.1, -0.05) is 13.8 Å². The molecule has 1 aromatic carbocycles. The van der Waals surface area contributed by atoms with Crippen molar-refractivity contribution in [1.29, 1.82) is 0 Å². The third-order valence-electron chi connectivity index (χ3n) is 3.58. The van der Waals surface area contributed by atoms with Gasteiger partial charge in [-0.25, -0.2) is 4.98 Å². The summed E-state index contributed by atoms with van der Waals surface area (Å²) in [4.78, 5) is 15.6. The second kappa shape index (κ2) is 5.65. The summed E-state index contributed by atoms with van der Waals surface area (Å²) in [6.07, 6.45) is 0.996. The minimum atomic E-state index is -0.772. The van der Waals surface area contributed by atoms with E-state index in [9.17, 15) is 4.79 Å². The molecular formula is C16H22N2O2. The largest absolute Gasteiger partial charge is 0.481 e. The fourth-order valence-electron chi connectivity index (χ4n) is 2.41. The van der Waals surface area contributed by atoms with Crippen LogP contribution in [0, 0.1) is 19.8 Å². The number of fused-ring (bicyclic) bond motifs is 1. The fraction of sp³-hybridized carbons (Fsp3) is 0.500. The number of benzene rings is 1. The maximum atomic E-state index is 10.9. The zero-order valence-electron chi connectivity index (χ0n) is 12.6. The minimum Gasteiger partial charge on any atom is -0.481 e. The molecule has 0 aliphatic heterocycles. The lowest BCUT2D eigenvalue weighted by molar-refractivity contribution is -0.137. The Hall–Kier alpha value is -1.84. The minimum absolute atomic E-state index is 0.128. The van der Waals surface area contributed by atoms with Gasteiger partial charge in [-0.15, -0.1) is 0 Å². The smallest absolute Gasteiger partial charge is 0.305 e. The molecule has 0 unspecified atom stereocenters. The van der Waals surface area contributed by atoms with Gasteiger partial charge in [-0.3, -0.25) is 4.79 Å². The zero-order chi connectivity index (χ0) is 14.9. The normalized spacial score (nSPS) is 11.4. The van der Waals surface area contributed by atoms with E-state index >= 15 is 0 Å². The van der Waals surface area contributed by atoms with Crippen LogP contribution in [0.2, 0.25) is 0 Å². The number of carboxylic acid groups (broad SMARTS) is 1. The highest BCUT2D eigenvalue weighted by molar-refractivity contribution is 5.78. The van der Waals surface area contributed by atoms with Crippen LogP contribution in [0.15, 0.2) is 12.1 Å². The van der Waals surface area contributed by atoms with Crippen LogP contribution in [0.1, 0.15) is 37.2 Å². The molecule has 2 aromatic rings. The number of hydrogen-bond donors (Lipinski definition) is 1. The highest BCUT2D eigenvalue weighted by Crippen LogP contribution is 2.22. The molecule has 0 fully saturated rings. The molecule has 0 saturated heterocycles. The molecule has 0 aliphatic rings. The number of carbonyl (C=O) groups is 1. The van der Waals surface area contributed by atoms with Crippen molar-refractivity contribution in [2.24, 2.45) is 5.92 Å². The summed E-state index contributed by atoms with van der Waals surface area (Å²) < 4.78 is 2.07. The van der Waals surface area contributed by atoms with E-state index in [2.05, 4.69) is 44.4 Å². The molecule has 0 aliphatic carbocycles. The van der Waals surface area contributed by atoms with Crippen LogP contribution in [0.25, 0.3) is 11.0 Å². The number of rotatable bonds is 5. The standard InChI is InChI=1S/C16H22N2O2/c1-10(2)7-15-17-13-8-11(3)12(4)9-14(13)18(15)6-5-16(19)20/h8-10H,5-7H2,1-4H3,(H,19,20). The molecule has 0 saturated carbocycles. The van der Waals surface area contributed by atoms with Gasteiger partial charge in [0.15, 0.2) is 0 Å². The summed E-state index contributed by atoms with van der Waals surface area (Å²) in [5, 5.41) is 8.92. The summed E-state index contributed by atoms with van der Waals surface area (Å²) in [5.41, 5.74) is 4.45. The van der Waals surface area contributed by atoms with Crippen LogP contribution in [-0.4, -0.2) is 20.6 Å². The number of aliphatic carboxylic acids is 1. The molecule has 0 bridgehead atoms. The van der Waals surface area contributed by atoms with Gasteiger partial charge >= 0.3 is 5.97 Å². The van der Waals surface area contributed by atoms with Crippen molar-refractivity contribution in [3.05, 3.63) is 29.1 Å². The second-order valence-corrected chi connectivity index (χ2v) is 5.85. The average Bonchev–Trinajstić information content (AvgIpc) is 2.63. The lowest BCUT2D eigenvalue weighted by Gasteiger charge is -2.10. The lowest BCUT2D eigenvalue weighted by Crippen LogP contribution is -2.10. The molecule has 4 heteroatoms. The Labute approximate surface area is 119 Å². The molecule has 2 rings (SSSR count). The maximum absolute atomic E-state index is 10.9. The number of aryl methyl sites for hydroxylation is 3. The van der Waals surface area contributed by atoms with Gasteiger partial charge in [-0.2, -0.15) is 0 Å². The van der Waals surface area contributed by atoms with E-state index < -0.39 is 5.97 Å². The SMILES string of the molecule is Cc1cc2nc(CC(C)C)n(CCC(=O)O)c2cc1C. The highest BCUT2D eigenvalue weighted by atomic mass is 16.4. The van der Waals surface area contributed by atoms with Crippen LogP contribution in [0.4, 0.5) is 0 Å². The Morgan fingerprint density at radius 1 is 1.30 bits per heavy atom. The number of hydrogen-bond acceptors (Lipinski definition) is 2. The molecule has 4 nitrogen and oxygen atoms in total. The van der Waals surface area contributed by atoms with Gasteiger partial charge in [0, 0.05) is 13.0 Å². The van der Waals surface area contributed by atoms with Crippen molar-refractivity contribution in [2.45, 2.75) is 47.1 Å². The number of nitrogens with zero attached hydrogens (tertiary/aromatic N) is 2. The highest BCUT2D eigenvalue weighted by Gasteiger charge is 2.14. The van der Waals surface area contributed by atoms with E-state index in [1.807, 2.05) is 0 Å². The van der Waals surface area contributed by atoms with Gasteiger partial charge in [0.1, 0.15) is 5.82 Å². The fourth-order valence-corrected chi connectivity index (χ4v) is 2.41. The quantitative estimate of drug-likeness (QED) is 0.910. The molecule has 1 heterocycles. The number of imidazole rings is 1. The van der Waals surface area contributed by atoms with Crippen LogP contribution in [0.3, 0.4) is 0 Å². The Morgan fingerprint density at radius 2 is 1.95 bits per heavy atom. The van der Waals surface area contributed by atoms with E-state index in [-0.39, 0.29) is 6.42 Å². The predicted octanol–water partition coefficient (Wildman–Crippen LogP) is 3.33. The molecule has 1 N–H and O–H groups in total. The topological polar surface area (TPSA) is 55.1 Å². The Morgan fingerprint density at radius 3 is 2.55 bits per heavy atom. The monoisotopic (exact) mass is 274 g/mol. The zero-order valence-corrected chi connectivity index (χ0v) is 12.6. The second-order valence-electron chi connectivity index (χ2n) is 5.85. The number of carboxylic acids is 1. The number of aromatic nitrogens is 2. The van der Waals surface area contributed by atoms with E-state index in [1.54, 1.807) is 0 Å². The Balaban J connectivity index is 2.52. The summed E-state index contributed by atoms with van der Waals surface area (Å²) in [6, 6.07) is 4.20. The summed E-state index contributed by atoms with van der Waals surface area (Å²) in [7, 11) is 0. The third kappa shape index (κ3) is 3.00. The predicted molar refractivity (Wildman–Crippen MR) is 80.0 cm³/mol. The summed E-state index contributed by atoms with van der Waals surface area (Å²) in [5.74, 6) is 0.713. The van der Waals surface area contributed by atoms with Gasteiger partial charge in [0.05, 0.1) is 17.5 Å². The first kappa shape index (κ1) is 14.6. The molecule has 1 aromatic heterocycles. The Bertz CT molecular complexity index is 641. The van der Waals surface area contributed by atoms with Crippen molar-refractivity contribution >= 4 is 17.0 Å². The van der Waals surface area contributed by atoms with Gasteiger partial charge in [0.2, 0.25) is 0 Å². The van der Waals surface area contributed by atoms with Gasteiger partial charge < -0.3 is 9.67 Å². The van der Waals surface area contributed by atoms with Gasteiger partial charge in [-0.05, 0) is 43.0 Å². The van der Waals surface area contributed by atoms with E-state index in [0.717, 1.165) is 23.3 Å². The molecular weight excluding hydrogens is 252 g/mol. The first-order valence-corrected chi connectivity index (χ1v) is 7.06.